The van der Waals surface area contributed by atoms with E-state index in [1.54, 1.807) is 130 Å². The summed E-state index contributed by atoms with van der Waals surface area (Å²) in [5, 5.41) is 29.4. The van der Waals surface area contributed by atoms with Crippen molar-refractivity contribution in [1.29, 1.82) is 0 Å². The van der Waals surface area contributed by atoms with Crippen LogP contribution in [0.15, 0.2) is 195 Å². The van der Waals surface area contributed by atoms with Gasteiger partial charge in [0.05, 0.1) is 84.1 Å². The molecule has 0 unspecified atom stereocenters. The number of carboxylic acid groups (broad SMARTS) is 2. The van der Waals surface area contributed by atoms with Crippen molar-refractivity contribution in [2.75, 3.05) is 39.6 Å². The number of ether oxygens (including phenoxy) is 10. The molecule has 148 heavy (non-hydrogen) atoms. The zero-order valence-electron chi connectivity index (χ0n) is 85.6. The first-order chi connectivity index (χ1) is 70.3. The van der Waals surface area contributed by atoms with Gasteiger partial charge in [0.1, 0.15) is 23.0 Å². The van der Waals surface area contributed by atoms with Crippen LogP contribution in [0.25, 0.3) is 131 Å². The molecule has 20 rings (SSSR count). The number of hydrogen-bond acceptors (Lipinski definition) is 18. The minimum absolute atomic E-state index is 0.0631. The lowest BCUT2D eigenvalue weighted by Gasteiger charge is -2.30. The molecule has 4 aliphatic heterocycles. The number of alkyl halides is 8. The summed E-state index contributed by atoms with van der Waals surface area (Å²) in [7, 11) is 0. The quantitative estimate of drug-likeness (QED) is 0.0472. The SMILES string of the molecule is CCOC(=O)[C@@H](OC(C)(C)C)c1c(C)cc2cc(C(F)F)ccc2c1-c1ccc2c3c(ccnc13)CCO2.CCOC(=O)[C@@H](OC(C)(C)C)c1c(C)cc2cc(C(F)F)ccc2c1-c1ccc2c3c(ccnc13)CCO2.Cc1cc2cc(C(F)F)ccc2c(-c2ccc3c4c(ccnc24)CCO3)c1[C@H](OC(C)(C)C)C(=O)O.Cc1cc2cc(C(F)F)ccc2c(-c2ccc3c4c(ccnc24)CCO3)c1[C@H](OC(C)(C)C)C(=O)O. The molecule has 0 bridgehead atoms. The van der Waals surface area contributed by atoms with E-state index < -0.39 is 96.4 Å². The highest BCUT2D eigenvalue weighted by atomic mass is 19.3. The number of carbonyl (C=O) groups excluding carboxylic acids is 2. The number of carbonyl (C=O) groups is 4. The van der Waals surface area contributed by atoms with Crippen LogP contribution in [0.4, 0.5) is 35.1 Å². The highest BCUT2D eigenvalue weighted by Gasteiger charge is 2.41. The molecule has 0 spiro atoms. The highest BCUT2D eigenvalue weighted by molar-refractivity contribution is 6.14. The van der Waals surface area contributed by atoms with Gasteiger partial charge in [-0.25, -0.2) is 54.3 Å². The number of aryl methyl sites for hydroxylation is 4. The van der Waals surface area contributed by atoms with Crippen molar-refractivity contribution in [3.63, 3.8) is 0 Å². The van der Waals surface area contributed by atoms with Gasteiger partial charge in [0.2, 0.25) is 0 Å². The number of rotatable bonds is 22. The van der Waals surface area contributed by atoms with E-state index >= 15 is 0 Å². The number of hydrogen-bond donors (Lipinski definition) is 2. The Bertz CT molecular complexity index is 7440. The first kappa shape index (κ1) is 105. The lowest BCUT2D eigenvalue weighted by atomic mass is 9.85. The van der Waals surface area contributed by atoms with Crippen molar-refractivity contribution in [3.05, 3.63) is 284 Å². The first-order valence-corrected chi connectivity index (χ1v) is 49.3. The van der Waals surface area contributed by atoms with Crippen molar-refractivity contribution < 1.29 is 112 Å². The largest absolute Gasteiger partial charge is 0.493 e. The molecular formula is C120H116F8N4O16. The van der Waals surface area contributed by atoms with Crippen LogP contribution in [0.2, 0.25) is 0 Å². The van der Waals surface area contributed by atoms with E-state index in [0.717, 1.165) is 137 Å². The third-order valence-corrected chi connectivity index (χ3v) is 26.4. The minimum atomic E-state index is -2.62. The average molecular weight is 2020 g/mol. The molecule has 0 saturated carbocycles. The number of halogens is 8. The number of aliphatic carboxylic acids is 2. The summed E-state index contributed by atoms with van der Waals surface area (Å²) in [6.07, 6.45) is -5.04. The molecule has 768 valence electrons. The van der Waals surface area contributed by atoms with Gasteiger partial charge in [-0.1, -0.05) is 72.8 Å². The molecule has 16 aromatic rings. The van der Waals surface area contributed by atoms with Gasteiger partial charge in [-0.3, -0.25) is 19.9 Å². The fourth-order valence-electron chi connectivity index (χ4n) is 20.6. The molecule has 4 aromatic heterocycles. The summed E-state index contributed by atoms with van der Waals surface area (Å²) in [6, 6.07) is 48.5. The predicted molar refractivity (Wildman–Crippen MR) is 557 cm³/mol. The standard InChI is InChI=1S/2C31H31F2NO4.2C29H27F2NO4/c2*1-6-36-30(35)28(38-31(3,4)5)24-17(2)15-20-16-19(29(32)33)7-8-21(20)26(24)22-9-10-23-25-18(12-14-37-23)11-13-34-27(22)25;2*1-15-13-18-14-17(27(30)31)5-6-19(18)24(22(15)26(28(33)34)36-29(2,3)4)20-7-8-21-23-16(10-12-35-21)9-11-32-25(20)23/h2*7-11,13,15-16,28-29H,6,12,14H2,1-5H3;2*5-9,11,13-14,26-27H,10,12H2,1-4H3,(H,33,34)/t2*28-;2*26-/m0000/s1. The van der Waals surface area contributed by atoms with Gasteiger partial charge < -0.3 is 57.6 Å². The Morgan fingerprint density at radius 1 is 0.311 bits per heavy atom. The van der Waals surface area contributed by atoms with Crippen LogP contribution in [0.5, 0.6) is 23.0 Å². The maximum atomic E-state index is 13.6. The Morgan fingerprint density at radius 2 is 0.527 bits per heavy atom. The van der Waals surface area contributed by atoms with E-state index in [1.165, 1.54) is 48.5 Å². The summed E-state index contributed by atoms with van der Waals surface area (Å²) in [5.41, 5.74) is 14.7. The van der Waals surface area contributed by atoms with Crippen LogP contribution in [0.3, 0.4) is 0 Å². The maximum absolute atomic E-state index is 13.6. The van der Waals surface area contributed by atoms with Crippen molar-refractivity contribution in [1.82, 2.24) is 19.9 Å². The molecule has 20 nitrogen and oxygen atoms in total. The molecule has 0 amide bonds. The molecule has 0 fully saturated rings. The van der Waals surface area contributed by atoms with Gasteiger partial charge in [0.25, 0.3) is 25.7 Å². The topological polar surface area (TPSA) is 253 Å². The second kappa shape index (κ2) is 42.1. The Kier molecular flexibility index (Phi) is 29.9. The summed E-state index contributed by atoms with van der Waals surface area (Å²) in [6.45, 7) is 35.6. The Balaban J connectivity index is 0.000000135. The number of aromatic nitrogens is 4. The van der Waals surface area contributed by atoms with Gasteiger partial charge in [-0.2, -0.15) is 0 Å². The van der Waals surface area contributed by atoms with Crippen LogP contribution in [0, 0.1) is 27.7 Å². The molecular weight excluding hydrogens is 1910 g/mol. The van der Waals surface area contributed by atoms with Gasteiger partial charge >= 0.3 is 23.9 Å². The van der Waals surface area contributed by atoms with E-state index in [0.29, 0.717) is 137 Å². The number of nitrogens with zero attached hydrogens (tertiary/aromatic N) is 4. The second-order valence-electron chi connectivity index (χ2n) is 41.3. The smallest absolute Gasteiger partial charge is 0.339 e. The van der Waals surface area contributed by atoms with E-state index in [1.807, 2.05) is 140 Å². The van der Waals surface area contributed by atoms with Crippen LogP contribution >= 0.6 is 0 Å². The van der Waals surface area contributed by atoms with Crippen molar-refractivity contribution in [2.24, 2.45) is 0 Å². The summed E-state index contributed by atoms with van der Waals surface area (Å²) < 4.78 is 168. The molecule has 4 atom stereocenters. The molecule has 12 aromatic carbocycles. The van der Waals surface area contributed by atoms with E-state index in [9.17, 15) is 64.5 Å². The number of esters is 2. The molecule has 2 N–H and O–H groups in total. The van der Waals surface area contributed by atoms with Crippen molar-refractivity contribution in [2.45, 2.75) is 223 Å². The average Bonchev–Trinajstić information content (AvgIpc) is 0.739. The second-order valence-corrected chi connectivity index (χ2v) is 41.3. The van der Waals surface area contributed by atoms with Gasteiger partial charge in [0, 0.05) is 139 Å². The lowest BCUT2D eigenvalue weighted by molar-refractivity contribution is -0.167. The zero-order chi connectivity index (χ0) is 106. The molecule has 0 saturated heterocycles. The molecule has 8 heterocycles. The molecule has 28 heteroatoms. The summed E-state index contributed by atoms with van der Waals surface area (Å²) in [4.78, 5) is 70.7. The number of pyridine rings is 4. The normalized spacial score (nSPS) is 14.2. The van der Waals surface area contributed by atoms with Gasteiger partial charge in [-0.15, -0.1) is 0 Å². The van der Waals surface area contributed by atoms with E-state index in [2.05, 4.69) is 9.97 Å². The van der Waals surface area contributed by atoms with E-state index in [-0.39, 0.29) is 35.5 Å². The Morgan fingerprint density at radius 3 is 0.730 bits per heavy atom. The fraction of sp³-hybridized carbons (Fsp3) is 0.333. The fourth-order valence-corrected chi connectivity index (χ4v) is 20.6. The monoisotopic (exact) mass is 2020 g/mol. The van der Waals surface area contributed by atoms with Crippen LogP contribution in [-0.4, -0.2) is 116 Å². The van der Waals surface area contributed by atoms with E-state index in [4.69, 9.17) is 57.3 Å². The molecule has 0 radical (unpaired) electrons. The minimum Gasteiger partial charge on any atom is -0.493 e. The van der Waals surface area contributed by atoms with Gasteiger partial charge in [-0.05, 0) is 332 Å². The number of fused-ring (bicyclic) bond motifs is 4. The van der Waals surface area contributed by atoms with Crippen molar-refractivity contribution >= 4 is 111 Å². The third kappa shape index (κ3) is 21.5. The van der Waals surface area contributed by atoms with Crippen LogP contribution in [-0.2, 0) is 73.3 Å². The summed E-state index contributed by atoms with van der Waals surface area (Å²) in [5.74, 6) is -0.309. The predicted octanol–water partition coefficient (Wildman–Crippen LogP) is 29.7. The first-order valence-electron chi connectivity index (χ1n) is 49.3. The van der Waals surface area contributed by atoms with Gasteiger partial charge in [0.15, 0.2) is 24.4 Å². The van der Waals surface area contributed by atoms with Crippen LogP contribution in [0.1, 0.15) is 236 Å². The molecule has 0 aliphatic carbocycles. The van der Waals surface area contributed by atoms with Crippen LogP contribution < -0.4 is 18.9 Å². The number of benzene rings is 12. The zero-order valence-corrected chi connectivity index (χ0v) is 85.6. The number of carboxylic acids is 2. The summed E-state index contributed by atoms with van der Waals surface area (Å²) >= 11 is 0. The van der Waals surface area contributed by atoms with Crippen molar-refractivity contribution in [3.8, 4) is 67.5 Å². The highest BCUT2D eigenvalue weighted by Crippen LogP contribution is 2.53. The Labute approximate surface area is 851 Å². The maximum Gasteiger partial charge on any atom is 0.339 e. The third-order valence-electron chi connectivity index (χ3n) is 26.4. The Hall–Kier alpha value is -14.3. The molecule has 4 aliphatic rings. The lowest BCUT2D eigenvalue weighted by Crippen LogP contribution is -2.29.